The highest BCUT2D eigenvalue weighted by Crippen LogP contribution is 2.46. The molecule has 0 spiro atoms. The summed E-state index contributed by atoms with van der Waals surface area (Å²) in [6, 6.07) is 12.3. The van der Waals surface area contributed by atoms with Gasteiger partial charge in [-0.05, 0) is 41.2 Å². The van der Waals surface area contributed by atoms with Crippen molar-refractivity contribution in [3.8, 4) is 0 Å². The third-order valence-electron chi connectivity index (χ3n) is 4.89. The monoisotopic (exact) mass is 393 g/mol. The molecule has 0 bridgehead atoms. The van der Waals surface area contributed by atoms with Crippen LogP contribution in [0.2, 0.25) is 0 Å². The minimum atomic E-state index is -3.59. The summed E-state index contributed by atoms with van der Waals surface area (Å²) in [5, 5.41) is 3.33. The first-order valence-corrected chi connectivity index (χ1v) is 12.1. The molecule has 2 aromatic rings. The molecule has 1 aliphatic carbocycles. The number of benzene rings is 2. The fourth-order valence-corrected chi connectivity index (χ4v) is 5.21. The molecule has 1 atom stereocenters. The molecule has 0 fully saturated rings. The molecule has 0 heterocycles. The summed E-state index contributed by atoms with van der Waals surface area (Å²) in [6.07, 6.45) is 2.98. The summed E-state index contributed by atoms with van der Waals surface area (Å²) in [5.41, 5.74) is 2.79. The van der Waals surface area contributed by atoms with Gasteiger partial charge in [-0.15, -0.1) is 0 Å². The van der Waals surface area contributed by atoms with Crippen molar-refractivity contribution >= 4 is 25.4 Å². The highest BCUT2D eigenvalue weighted by molar-refractivity contribution is 7.91. The van der Waals surface area contributed by atoms with Crippen LogP contribution in [0.15, 0.2) is 52.3 Å². The van der Waals surface area contributed by atoms with E-state index in [0.29, 0.717) is 5.69 Å². The molecule has 7 heteroatoms. The molecule has 0 amide bonds. The first kappa shape index (κ1) is 18.9. The van der Waals surface area contributed by atoms with Gasteiger partial charge in [-0.1, -0.05) is 38.1 Å². The summed E-state index contributed by atoms with van der Waals surface area (Å²) in [7, 11) is -7.08. The summed E-state index contributed by atoms with van der Waals surface area (Å²) >= 11 is 0. The number of hydrogen-bond acceptors (Lipinski definition) is 5. The fraction of sp³-hybridized carbons (Fsp3) is 0.368. The lowest BCUT2D eigenvalue weighted by Gasteiger charge is -2.21. The number of nitrogens with one attached hydrogen (secondary N) is 1. The first-order valence-electron chi connectivity index (χ1n) is 8.30. The molecule has 1 unspecified atom stereocenters. The largest absolute Gasteiger partial charge is 0.377 e. The van der Waals surface area contributed by atoms with Gasteiger partial charge in [0.05, 0.1) is 21.5 Å². The van der Waals surface area contributed by atoms with Gasteiger partial charge in [0.15, 0.2) is 19.7 Å². The van der Waals surface area contributed by atoms with Crippen LogP contribution in [0.5, 0.6) is 0 Å². The van der Waals surface area contributed by atoms with Crippen LogP contribution in [0.25, 0.3) is 0 Å². The lowest BCUT2D eigenvalue weighted by Crippen LogP contribution is -2.15. The highest BCUT2D eigenvalue weighted by Gasteiger charge is 2.36. The Morgan fingerprint density at radius 3 is 2.23 bits per heavy atom. The van der Waals surface area contributed by atoms with Crippen LogP contribution in [0.1, 0.15) is 37.4 Å². The van der Waals surface area contributed by atoms with E-state index in [1.54, 1.807) is 6.07 Å². The summed E-state index contributed by atoms with van der Waals surface area (Å²) < 4.78 is 48.1. The summed E-state index contributed by atoms with van der Waals surface area (Å²) in [4.78, 5) is -0.00163. The van der Waals surface area contributed by atoms with Gasteiger partial charge in [0.1, 0.15) is 0 Å². The zero-order valence-electron chi connectivity index (χ0n) is 15.3. The van der Waals surface area contributed by atoms with Crippen molar-refractivity contribution in [2.75, 3.05) is 17.8 Å². The molecule has 1 N–H and O–H groups in total. The average molecular weight is 394 g/mol. The third-order valence-corrected chi connectivity index (χ3v) is 7.14. The maximum absolute atomic E-state index is 12.2. The van der Waals surface area contributed by atoms with Crippen LogP contribution in [0.4, 0.5) is 5.69 Å². The summed E-state index contributed by atoms with van der Waals surface area (Å²) in [5.74, 6) is 0. The Labute approximate surface area is 155 Å². The molecule has 0 aromatic heterocycles. The minimum Gasteiger partial charge on any atom is -0.377 e. The van der Waals surface area contributed by atoms with Crippen LogP contribution < -0.4 is 5.32 Å². The highest BCUT2D eigenvalue weighted by atomic mass is 32.2. The van der Waals surface area contributed by atoms with Gasteiger partial charge in [0, 0.05) is 12.5 Å². The van der Waals surface area contributed by atoms with Gasteiger partial charge in [0.25, 0.3) is 0 Å². The molecular weight excluding hydrogens is 370 g/mol. The smallest absolute Gasteiger partial charge is 0.177 e. The van der Waals surface area contributed by atoms with E-state index in [4.69, 9.17) is 0 Å². The number of hydrogen-bond donors (Lipinski definition) is 1. The minimum absolute atomic E-state index is 0.00242. The second kappa shape index (κ2) is 6.09. The van der Waals surface area contributed by atoms with Gasteiger partial charge < -0.3 is 5.32 Å². The number of anilines is 1. The van der Waals surface area contributed by atoms with Gasteiger partial charge in [-0.25, -0.2) is 16.8 Å². The van der Waals surface area contributed by atoms with E-state index in [9.17, 15) is 16.8 Å². The van der Waals surface area contributed by atoms with Crippen molar-refractivity contribution in [2.45, 2.75) is 41.5 Å². The van der Waals surface area contributed by atoms with Crippen molar-refractivity contribution in [1.82, 2.24) is 0 Å². The molecule has 0 saturated heterocycles. The Balaban J connectivity index is 2.07. The van der Waals surface area contributed by atoms with E-state index in [1.807, 2.05) is 18.2 Å². The molecule has 1 aliphatic rings. The molecule has 2 aromatic carbocycles. The molecule has 0 aliphatic heterocycles. The Hall–Kier alpha value is -1.86. The Morgan fingerprint density at radius 2 is 1.62 bits per heavy atom. The maximum Gasteiger partial charge on any atom is 0.177 e. The summed E-state index contributed by atoms with van der Waals surface area (Å²) in [6.45, 7) is 4.33. The van der Waals surface area contributed by atoms with Crippen LogP contribution in [0.3, 0.4) is 0 Å². The average Bonchev–Trinajstić information content (AvgIpc) is 2.77. The van der Waals surface area contributed by atoms with Crippen molar-refractivity contribution in [2.24, 2.45) is 0 Å². The first-order chi connectivity index (χ1) is 11.9. The van der Waals surface area contributed by atoms with E-state index in [-0.39, 0.29) is 21.2 Å². The number of sulfone groups is 2. The van der Waals surface area contributed by atoms with Gasteiger partial charge in [0.2, 0.25) is 0 Å². The van der Waals surface area contributed by atoms with Crippen LogP contribution in [-0.4, -0.2) is 29.3 Å². The molecular formula is C19H23NO4S2. The predicted octanol–water partition coefficient (Wildman–Crippen LogP) is 3.33. The Bertz CT molecular complexity index is 1070. The zero-order valence-corrected chi connectivity index (χ0v) is 16.9. The fourth-order valence-electron chi connectivity index (χ4n) is 3.62. The molecule has 0 radical (unpaired) electrons. The van der Waals surface area contributed by atoms with E-state index in [2.05, 4.69) is 25.2 Å². The zero-order chi connectivity index (χ0) is 19.3. The normalized spacial score (nSPS) is 19.2. The van der Waals surface area contributed by atoms with Crippen molar-refractivity contribution < 1.29 is 16.8 Å². The van der Waals surface area contributed by atoms with Crippen LogP contribution in [-0.2, 0) is 25.1 Å². The van der Waals surface area contributed by atoms with E-state index >= 15 is 0 Å². The lowest BCUT2D eigenvalue weighted by molar-refractivity contribution is 0.493. The SMILES string of the molecule is CC1(C)CC(Nc2ccc(S(C)(=O)=O)cc2S(C)(=O)=O)c2ccccc21. The van der Waals surface area contributed by atoms with Crippen molar-refractivity contribution in [3.63, 3.8) is 0 Å². The second-order valence-corrected chi connectivity index (χ2v) is 11.6. The van der Waals surface area contributed by atoms with E-state index < -0.39 is 19.7 Å². The van der Waals surface area contributed by atoms with Gasteiger partial charge in [-0.3, -0.25) is 0 Å². The van der Waals surface area contributed by atoms with E-state index in [1.165, 1.54) is 17.7 Å². The van der Waals surface area contributed by atoms with Crippen molar-refractivity contribution in [1.29, 1.82) is 0 Å². The third kappa shape index (κ3) is 3.50. The number of fused-ring (bicyclic) bond motifs is 1. The molecule has 26 heavy (non-hydrogen) atoms. The Kier molecular flexibility index (Phi) is 4.43. The van der Waals surface area contributed by atoms with Gasteiger partial charge in [-0.2, -0.15) is 0 Å². The van der Waals surface area contributed by atoms with Crippen LogP contribution >= 0.6 is 0 Å². The standard InChI is InChI=1S/C19H23NO4S2/c1-19(2)12-17(14-7-5-6-8-15(14)19)20-16-10-9-13(25(3,21)22)11-18(16)26(4,23)24/h5-11,17,20H,12H2,1-4H3. The predicted molar refractivity (Wildman–Crippen MR) is 103 cm³/mol. The molecule has 5 nitrogen and oxygen atoms in total. The van der Waals surface area contributed by atoms with Gasteiger partial charge >= 0.3 is 0 Å². The number of rotatable bonds is 4. The van der Waals surface area contributed by atoms with E-state index in [0.717, 1.165) is 24.5 Å². The topological polar surface area (TPSA) is 80.3 Å². The Morgan fingerprint density at radius 1 is 0.962 bits per heavy atom. The van der Waals surface area contributed by atoms with Crippen molar-refractivity contribution in [3.05, 3.63) is 53.6 Å². The molecule has 0 saturated carbocycles. The maximum atomic E-state index is 12.2. The quantitative estimate of drug-likeness (QED) is 0.862. The van der Waals surface area contributed by atoms with Crippen LogP contribution in [0, 0.1) is 0 Å². The molecule has 3 rings (SSSR count). The lowest BCUT2D eigenvalue weighted by atomic mass is 9.86. The second-order valence-electron chi connectivity index (χ2n) is 7.57. The molecule has 140 valence electrons.